The maximum Gasteiger partial charge on any atom is 0.139 e. The summed E-state index contributed by atoms with van der Waals surface area (Å²) in [6, 6.07) is 6.49. The van der Waals surface area contributed by atoms with E-state index in [9.17, 15) is 9.90 Å². The largest absolute Gasteiger partial charge is 0.385 e. The van der Waals surface area contributed by atoms with Gasteiger partial charge in [-0.25, -0.2) is 0 Å². The molecule has 1 aromatic carbocycles. The Labute approximate surface area is 126 Å². The second-order valence-electron chi connectivity index (χ2n) is 7.72. The molecule has 2 saturated carbocycles. The van der Waals surface area contributed by atoms with Crippen LogP contribution < -0.4 is 0 Å². The third-order valence-corrected chi connectivity index (χ3v) is 6.71. The number of rotatable bonds is 0. The van der Waals surface area contributed by atoms with Crippen molar-refractivity contribution in [3.05, 3.63) is 34.9 Å². The summed E-state index contributed by atoms with van der Waals surface area (Å²) in [4.78, 5) is 12.3. The van der Waals surface area contributed by atoms with Gasteiger partial charge in [-0.1, -0.05) is 30.7 Å². The number of aryl methyl sites for hydroxylation is 2. The highest BCUT2D eigenvalue weighted by atomic mass is 16.3. The van der Waals surface area contributed by atoms with Crippen LogP contribution in [-0.2, 0) is 16.8 Å². The summed E-state index contributed by atoms with van der Waals surface area (Å²) < 4.78 is 0. The van der Waals surface area contributed by atoms with E-state index in [0.717, 1.165) is 37.7 Å². The third-order valence-electron chi connectivity index (χ3n) is 6.71. The van der Waals surface area contributed by atoms with Crippen molar-refractivity contribution in [2.75, 3.05) is 0 Å². The van der Waals surface area contributed by atoms with Crippen LogP contribution in [0.2, 0.25) is 0 Å². The second-order valence-corrected chi connectivity index (χ2v) is 7.72. The van der Waals surface area contributed by atoms with Crippen LogP contribution in [0.1, 0.15) is 55.7 Å². The van der Waals surface area contributed by atoms with Crippen LogP contribution in [0.15, 0.2) is 18.2 Å². The zero-order valence-corrected chi connectivity index (χ0v) is 13.0. The molecular formula is C19H24O2. The number of hydrogen-bond donors (Lipinski definition) is 1. The summed E-state index contributed by atoms with van der Waals surface area (Å²) in [6.07, 6.45) is 5.35. The Morgan fingerprint density at radius 2 is 1.90 bits per heavy atom. The number of fused-ring (bicyclic) bond motifs is 5. The monoisotopic (exact) mass is 284 g/mol. The molecular weight excluding hydrogens is 260 g/mol. The standard InChI is InChI=1S/C19H24O2/c1-12-3-5-14-13(11-12)4-6-16-15-7-8-17(20)18(15,2)9-10-19(14,16)21/h3,5,11,15-16,21H,4,6-10H2,1-2H3/t15?,16?,18-,19-/m0/s1. The molecule has 2 fully saturated rings. The topological polar surface area (TPSA) is 37.3 Å². The lowest BCUT2D eigenvalue weighted by atomic mass is 9.53. The summed E-state index contributed by atoms with van der Waals surface area (Å²) in [7, 11) is 0. The van der Waals surface area contributed by atoms with Gasteiger partial charge in [-0.15, -0.1) is 0 Å². The van der Waals surface area contributed by atoms with Gasteiger partial charge in [0.05, 0.1) is 5.60 Å². The summed E-state index contributed by atoms with van der Waals surface area (Å²) in [5.41, 5.74) is 2.87. The molecule has 0 heterocycles. The molecule has 2 heteroatoms. The Bertz CT molecular complexity index is 620. The fourth-order valence-corrected chi connectivity index (χ4v) is 5.47. The van der Waals surface area contributed by atoms with Gasteiger partial charge in [-0.3, -0.25) is 4.79 Å². The number of benzene rings is 1. The lowest BCUT2D eigenvalue weighted by Gasteiger charge is -2.53. The van der Waals surface area contributed by atoms with Crippen molar-refractivity contribution in [1.82, 2.24) is 0 Å². The SMILES string of the molecule is Cc1ccc2c(c1)CCC1C3CCC(=O)[C@@]3(C)CC[C@]21O. The van der Waals surface area contributed by atoms with Crippen molar-refractivity contribution in [3.8, 4) is 0 Å². The fourth-order valence-electron chi connectivity index (χ4n) is 5.47. The van der Waals surface area contributed by atoms with Gasteiger partial charge in [0.2, 0.25) is 0 Å². The number of carbonyl (C=O) groups is 1. The Morgan fingerprint density at radius 1 is 1.14 bits per heavy atom. The van der Waals surface area contributed by atoms with Crippen molar-refractivity contribution in [2.24, 2.45) is 17.3 Å². The highest BCUT2D eigenvalue weighted by molar-refractivity contribution is 5.87. The summed E-state index contributed by atoms with van der Waals surface area (Å²) in [5.74, 6) is 1.07. The predicted octanol–water partition coefficient (Wildman–Crippen LogP) is 3.52. The molecule has 1 aromatic rings. The van der Waals surface area contributed by atoms with Gasteiger partial charge in [0.1, 0.15) is 5.78 Å². The zero-order valence-electron chi connectivity index (χ0n) is 13.0. The molecule has 112 valence electrons. The maximum absolute atomic E-state index is 12.3. The zero-order chi connectivity index (χ0) is 14.8. The molecule has 2 unspecified atom stereocenters. The molecule has 0 spiro atoms. The Hall–Kier alpha value is -1.15. The Morgan fingerprint density at radius 3 is 2.71 bits per heavy atom. The Balaban J connectivity index is 1.80. The lowest BCUT2D eigenvalue weighted by Crippen LogP contribution is -2.52. The number of carbonyl (C=O) groups excluding carboxylic acids is 1. The fraction of sp³-hybridized carbons (Fsp3) is 0.632. The number of Topliss-reactive ketones (excluding diaryl/α,β-unsaturated/α-hetero) is 1. The molecule has 21 heavy (non-hydrogen) atoms. The first-order chi connectivity index (χ1) is 9.95. The summed E-state index contributed by atoms with van der Waals surface area (Å²) in [6.45, 7) is 4.27. The van der Waals surface area contributed by atoms with E-state index in [1.54, 1.807) is 0 Å². The van der Waals surface area contributed by atoms with Gasteiger partial charge in [0, 0.05) is 11.8 Å². The smallest absolute Gasteiger partial charge is 0.139 e. The van der Waals surface area contributed by atoms with Gasteiger partial charge in [-0.05, 0) is 62.0 Å². The van der Waals surface area contributed by atoms with Crippen molar-refractivity contribution < 1.29 is 9.90 Å². The van der Waals surface area contributed by atoms with Gasteiger partial charge >= 0.3 is 0 Å². The average Bonchev–Trinajstić information content (AvgIpc) is 2.75. The first-order valence-corrected chi connectivity index (χ1v) is 8.31. The normalized spacial score (nSPS) is 41.4. The van der Waals surface area contributed by atoms with E-state index in [-0.39, 0.29) is 11.3 Å². The van der Waals surface area contributed by atoms with E-state index in [1.807, 2.05) is 0 Å². The minimum absolute atomic E-state index is 0.168. The molecule has 1 N–H and O–H groups in total. The lowest BCUT2D eigenvalue weighted by molar-refractivity contribution is -0.146. The molecule has 2 nitrogen and oxygen atoms in total. The van der Waals surface area contributed by atoms with Crippen molar-refractivity contribution in [1.29, 1.82) is 0 Å². The molecule has 0 bridgehead atoms. The van der Waals surface area contributed by atoms with Crippen LogP contribution in [0.5, 0.6) is 0 Å². The molecule has 4 atom stereocenters. The molecule has 0 aromatic heterocycles. The van der Waals surface area contributed by atoms with Crippen molar-refractivity contribution >= 4 is 5.78 Å². The second kappa shape index (κ2) is 4.19. The minimum atomic E-state index is -0.698. The highest BCUT2D eigenvalue weighted by Gasteiger charge is 2.59. The van der Waals surface area contributed by atoms with Gasteiger partial charge < -0.3 is 5.11 Å². The van der Waals surface area contributed by atoms with Crippen LogP contribution in [0.3, 0.4) is 0 Å². The van der Waals surface area contributed by atoms with E-state index < -0.39 is 5.60 Å². The average molecular weight is 284 g/mol. The van der Waals surface area contributed by atoms with E-state index >= 15 is 0 Å². The highest BCUT2D eigenvalue weighted by Crippen LogP contribution is 2.61. The molecule has 3 aliphatic rings. The van der Waals surface area contributed by atoms with E-state index in [4.69, 9.17) is 0 Å². The Kier molecular flexibility index (Phi) is 2.70. The number of aliphatic hydroxyl groups is 1. The number of ketones is 1. The molecule has 3 aliphatic carbocycles. The summed E-state index contributed by atoms with van der Waals surface area (Å²) >= 11 is 0. The summed E-state index contributed by atoms with van der Waals surface area (Å²) in [5, 5.41) is 11.5. The van der Waals surface area contributed by atoms with Crippen LogP contribution >= 0.6 is 0 Å². The predicted molar refractivity (Wildman–Crippen MR) is 82.0 cm³/mol. The molecule has 4 rings (SSSR count). The van der Waals surface area contributed by atoms with E-state index in [0.29, 0.717) is 18.1 Å². The van der Waals surface area contributed by atoms with Crippen LogP contribution in [0, 0.1) is 24.2 Å². The van der Waals surface area contributed by atoms with E-state index in [2.05, 4.69) is 32.0 Å². The maximum atomic E-state index is 12.3. The quantitative estimate of drug-likeness (QED) is 0.791. The van der Waals surface area contributed by atoms with Crippen LogP contribution in [0.4, 0.5) is 0 Å². The van der Waals surface area contributed by atoms with Gasteiger partial charge in [0.25, 0.3) is 0 Å². The van der Waals surface area contributed by atoms with Gasteiger partial charge in [0.15, 0.2) is 0 Å². The molecule has 0 radical (unpaired) electrons. The first-order valence-electron chi connectivity index (χ1n) is 8.31. The molecule has 0 saturated heterocycles. The molecule has 0 aliphatic heterocycles. The first kappa shape index (κ1) is 13.5. The van der Waals surface area contributed by atoms with Crippen LogP contribution in [0.25, 0.3) is 0 Å². The van der Waals surface area contributed by atoms with Crippen molar-refractivity contribution in [3.63, 3.8) is 0 Å². The number of hydrogen-bond acceptors (Lipinski definition) is 2. The minimum Gasteiger partial charge on any atom is -0.385 e. The van der Waals surface area contributed by atoms with Crippen LogP contribution in [-0.4, -0.2) is 10.9 Å². The van der Waals surface area contributed by atoms with E-state index in [1.165, 1.54) is 11.1 Å². The third kappa shape index (κ3) is 1.66. The molecule has 0 amide bonds. The van der Waals surface area contributed by atoms with Crippen molar-refractivity contribution in [2.45, 2.75) is 58.0 Å². The van der Waals surface area contributed by atoms with Gasteiger partial charge in [-0.2, -0.15) is 0 Å².